The first-order valence-electron chi connectivity index (χ1n) is 14.5. The number of benzene rings is 3. The summed E-state index contributed by atoms with van der Waals surface area (Å²) in [6.07, 6.45) is 19.3. The van der Waals surface area contributed by atoms with Gasteiger partial charge < -0.3 is 0 Å². The summed E-state index contributed by atoms with van der Waals surface area (Å²) in [4.78, 5) is 0. The third-order valence-electron chi connectivity index (χ3n) is 9.06. The Balaban J connectivity index is 1.39. The second-order valence-electron chi connectivity index (χ2n) is 11.5. The molecule has 0 amide bonds. The molecule has 1 saturated carbocycles. The molecule has 3 aliphatic rings. The molecule has 0 unspecified atom stereocenters. The van der Waals surface area contributed by atoms with Crippen LogP contribution in [0.2, 0.25) is 0 Å². The van der Waals surface area contributed by atoms with Crippen molar-refractivity contribution < 1.29 is 4.57 Å². The van der Waals surface area contributed by atoms with E-state index in [2.05, 4.69) is 108 Å². The molecule has 38 heavy (non-hydrogen) atoms. The van der Waals surface area contributed by atoms with Gasteiger partial charge in [0.15, 0.2) is 0 Å². The molecule has 190 valence electrons. The molecule has 0 spiro atoms. The van der Waals surface area contributed by atoms with Crippen LogP contribution in [-0.4, -0.2) is 4.57 Å². The first-order chi connectivity index (χ1) is 18.7. The summed E-state index contributed by atoms with van der Waals surface area (Å²) in [5, 5.41) is 0. The number of hydrogen-bond acceptors (Lipinski definition) is 0. The summed E-state index contributed by atoms with van der Waals surface area (Å²) in [5.41, 5.74) is 14.2. The Morgan fingerprint density at radius 3 is 2.55 bits per heavy atom. The number of nitrogens with zero attached hydrogens (tertiary/aromatic N) is 2. The first kappa shape index (κ1) is 23.5. The molecule has 0 atom stereocenters. The summed E-state index contributed by atoms with van der Waals surface area (Å²) >= 11 is 0. The topological polar surface area (TPSA) is 8.81 Å². The Morgan fingerprint density at radius 2 is 1.71 bits per heavy atom. The highest BCUT2D eigenvalue weighted by molar-refractivity contribution is 5.85. The van der Waals surface area contributed by atoms with Crippen LogP contribution >= 0.6 is 0 Å². The van der Waals surface area contributed by atoms with Gasteiger partial charge in [-0.2, -0.15) is 4.57 Å². The quantitative estimate of drug-likeness (QED) is 0.249. The Kier molecular flexibility index (Phi) is 5.92. The largest absolute Gasteiger partial charge is 0.293 e. The van der Waals surface area contributed by atoms with Crippen LogP contribution in [0, 0.1) is 6.92 Å². The second-order valence-corrected chi connectivity index (χ2v) is 11.5. The predicted octanol–water partition coefficient (Wildman–Crippen LogP) is 8.65. The van der Waals surface area contributed by atoms with E-state index in [9.17, 15) is 0 Å². The molecule has 0 bridgehead atoms. The van der Waals surface area contributed by atoms with Gasteiger partial charge in [0.2, 0.25) is 0 Å². The zero-order valence-corrected chi connectivity index (χ0v) is 22.7. The molecule has 0 saturated heterocycles. The van der Waals surface area contributed by atoms with Crippen LogP contribution in [0.25, 0.3) is 33.8 Å². The molecular weight excluding hydrogens is 460 g/mol. The lowest BCUT2D eigenvalue weighted by molar-refractivity contribution is -0.659. The van der Waals surface area contributed by atoms with Crippen molar-refractivity contribution >= 4 is 5.57 Å². The third kappa shape index (κ3) is 3.98. The monoisotopic (exact) mass is 497 g/mol. The van der Waals surface area contributed by atoms with Gasteiger partial charge in [-0.3, -0.25) is 0 Å². The number of allylic oxidation sites excluding steroid dienone is 4. The molecule has 0 aliphatic heterocycles. The van der Waals surface area contributed by atoms with Crippen molar-refractivity contribution in [2.75, 3.05) is 0 Å². The van der Waals surface area contributed by atoms with Crippen LogP contribution in [0.1, 0.15) is 73.1 Å². The Labute approximate surface area is 227 Å². The van der Waals surface area contributed by atoms with Gasteiger partial charge in [0.25, 0.3) is 5.82 Å². The second kappa shape index (κ2) is 9.58. The van der Waals surface area contributed by atoms with Crippen molar-refractivity contribution in [1.29, 1.82) is 0 Å². The van der Waals surface area contributed by atoms with Crippen LogP contribution in [-0.2, 0) is 13.5 Å². The standard InChI is InChI=1S/C36H37N2/c1-25-21-31(26-11-5-3-6-12-26)24-34(27-13-7-4-8-14-27)35(25)38-20-19-37(2)36(38)30-18-17-29-22-28-15-9-10-16-32(28)33(29)23-30/h3,5-6,10-12,16-21,23-24,27H,4,7-9,13-15,22H2,1-2H3/q+1. The lowest BCUT2D eigenvalue weighted by Crippen LogP contribution is -2.29. The van der Waals surface area contributed by atoms with Crippen molar-refractivity contribution in [3.05, 3.63) is 113 Å². The maximum atomic E-state index is 2.50. The van der Waals surface area contributed by atoms with Crippen molar-refractivity contribution in [3.8, 4) is 28.2 Å². The van der Waals surface area contributed by atoms with E-state index in [0.717, 1.165) is 6.42 Å². The highest BCUT2D eigenvalue weighted by Crippen LogP contribution is 2.42. The predicted molar refractivity (Wildman–Crippen MR) is 157 cm³/mol. The third-order valence-corrected chi connectivity index (χ3v) is 9.06. The number of rotatable bonds is 4. The fourth-order valence-corrected chi connectivity index (χ4v) is 7.18. The minimum Gasteiger partial charge on any atom is -0.232 e. The zero-order chi connectivity index (χ0) is 25.6. The van der Waals surface area contributed by atoms with E-state index >= 15 is 0 Å². The van der Waals surface area contributed by atoms with Crippen molar-refractivity contribution in [1.82, 2.24) is 4.57 Å². The van der Waals surface area contributed by atoms with Crippen molar-refractivity contribution in [3.63, 3.8) is 0 Å². The fraction of sp³-hybridized carbons (Fsp3) is 0.306. The molecule has 0 N–H and O–H groups in total. The van der Waals surface area contributed by atoms with Gasteiger partial charge in [-0.25, -0.2) is 4.57 Å². The molecule has 1 fully saturated rings. The van der Waals surface area contributed by atoms with Gasteiger partial charge in [0.1, 0.15) is 18.1 Å². The molecule has 2 nitrogen and oxygen atoms in total. The molecule has 7 rings (SSSR count). The van der Waals surface area contributed by atoms with Crippen LogP contribution in [0.3, 0.4) is 0 Å². The van der Waals surface area contributed by atoms with Gasteiger partial charge in [-0.1, -0.05) is 73.4 Å². The number of imidazole rings is 1. The van der Waals surface area contributed by atoms with E-state index in [1.54, 1.807) is 5.57 Å². The van der Waals surface area contributed by atoms with Crippen molar-refractivity contribution in [2.24, 2.45) is 7.05 Å². The number of fused-ring (bicyclic) bond motifs is 2. The summed E-state index contributed by atoms with van der Waals surface area (Å²) in [6, 6.07) is 23.0. The van der Waals surface area contributed by atoms with Gasteiger partial charge in [-0.05, 0) is 103 Å². The number of aromatic nitrogens is 2. The minimum absolute atomic E-state index is 0.613. The smallest absolute Gasteiger partial charge is 0.232 e. The molecule has 1 heterocycles. The van der Waals surface area contributed by atoms with E-state index in [4.69, 9.17) is 0 Å². The molecule has 4 aromatic rings. The van der Waals surface area contributed by atoms with Crippen LogP contribution < -0.4 is 4.57 Å². The van der Waals surface area contributed by atoms with Gasteiger partial charge >= 0.3 is 0 Å². The Bertz CT molecular complexity index is 1580. The Morgan fingerprint density at radius 1 is 0.868 bits per heavy atom. The van der Waals surface area contributed by atoms with Crippen molar-refractivity contribution in [2.45, 2.75) is 64.2 Å². The Hall–Kier alpha value is -3.65. The van der Waals surface area contributed by atoms with Gasteiger partial charge in [0.05, 0.1) is 12.6 Å². The lowest BCUT2D eigenvalue weighted by atomic mass is 9.81. The molecule has 0 radical (unpaired) electrons. The maximum Gasteiger partial charge on any atom is 0.293 e. The van der Waals surface area contributed by atoms with E-state index in [0.29, 0.717) is 5.92 Å². The van der Waals surface area contributed by atoms with Crippen LogP contribution in [0.15, 0.2) is 90.8 Å². The normalized spacial score (nSPS) is 17.1. The number of hydrogen-bond donors (Lipinski definition) is 0. The molecule has 1 aromatic heterocycles. The van der Waals surface area contributed by atoms with E-state index < -0.39 is 0 Å². The van der Waals surface area contributed by atoms with Gasteiger partial charge in [-0.15, -0.1) is 0 Å². The average Bonchev–Trinajstić information content (AvgIpc) is 3.53. The summed E-state index contributed by atoms with van der Waals surface area (Å²) in [6.45, 7) is 2.31. The fourth-order valence-electron chi connectivity index (χ4n) is 7.18. The first-order valence-corrected chi connectivity index (χ1v) is 14.5. The van der Waals surface area contributed by atoms with E-state index in [1.165, 1.54) is 101 Å². The zero-order valence-electron chi connectivity index (χ0n) is 22.7. The van der Waals surface area contributed by atoms with Crippen LogP contribution in [0.5, 0.6) is 0 Å². The van der Waals surface area contributed by atoms with E-state index in [1.807, 2.05) is 0 Å². The molecule has 3 aliphatic carbocycles. The molecule has 3 aromatic carbocycles. The maximum absolute atomic E-state index is 2.50. The summed E-state index contributed by atoms with van der Waals surface area (Å²) in [7, 11) is 2.19. The minimum atomic E-state index is 0.613. The highest BCUT2D eigenvalue weighted by atomic mass is 15.1. The lowest BCUT2D eigenvalue weighted by Gasteiger charge is -2.25. The van der Waals surface area contributed by atoms with Crippen LogP contribution in [0.4, 0.5) is 0 Å². The number of aryl methyl sites for hydroxylation is 2. The molecule has 2 heteroatoms. The summed E-state index contributed by atoms with van der Waals surface area (Å²) < 4.78 is 4.79. The van der Waals surface area contributed by atoms with Gasteiger partial charge in [0, 0.05) is 5.56 Å². The highest BCUT2D eigenvalue weighted by Gasteiger charge is 2.29. The average molecular weight is 498 g/mol. The van der Waals surface area contributed by atoms with E-state index in [-0.39, 0.29) is 0 Å². The molecular formula is C36H37N2+. The summed E-state index contributed by atoms with van der Waals surface area (Å²) in [5.74, 6) is 1.87. The SMILES string of the molecule is Cc1cc(-c2ccccc2)cc(C2CCCCC2)c1-n1cc[n+](C)c1-c1ccc2c(c1)C1=C(CCC=C1)C2.